The molecule has 6 nitrogen and oxygen atoms in total. The topological polar surface area (TPSA) is 80.3 Å². The number of benzene rings is 1. The number of fused-ring (bicyclic) bond motifs is 1. The van der Waals surface area contributed by atoms with Crippen molar-refractivity contribution < 1.29 is 14.3 Å². The molecule has 0 radical (unpaired) electrons. The number of hydrogen-bond donors (Lipinski definition) is 2. The standard InChI is InChI=1S/C22H25N3O3/c1-3-15(13-7-5-4-6-8-13)18-9-14(10-19(24-18)22(27)23-2)21(26)25-20-16-11-28-12-17(16)20/h4-10,15-17,20H,3,11-12H2,1-2H3,(H,23,27)(H,25,26)/t15?,16-,17+,20?. The number of amides is 2. The molecule has 1 aromatic heterocycles. The molecule has 1 aromatic carbocycles. The highest BCUT2D eigenvalue weighted by molar-refractivity contribution is 5.99. The zero-order valence-electron chi connectivity index (χ0n) is 16.1. The zero-order chi connectivity index (χ0) is 19.7. The number of aromatic nitrogens is 1. The molecule has 6 heteroatoms. The summed E-state index contributed by atoms with van der Waals surface area (Å²) in [6, 6.07) is 13.6. The van der Waals surface area contributed by atoms with E-state index in [4.69, 9.17) is 4.74 Å². The second-order valence-corrected chi connectivity index (χ2v) is 7.48. The third kappa shape index (κ3) is 3.52. The first-order valence-electron chi connectivity index (χ1n) is 9.80. The number of carbonyl (C=O) groups excluding carboxylic acids is 2. The second kappa shape index (κ2) is 7.72. The molecule has 4 atom stereocenters. The van der Waals surface area contributed by atoms with Gasteiger partial charge in [0.1, 0.15) is 5.69 Å². The number of nitrogens with one attached hydrogen (secondary N) is 2. The molecule has 4 rings (SSSR count). The van der Waals surface area contributed by atoms with Crippen LogP contribution in [-0.4, -0.2) is 43.1 Å². The van der Waals surface area contributed by atoms with Gasteiger partial charge in [-0.1, -0.05) is 37.3 Å². The molecule has 1 aliphatic carbocycles. The van der Waals surface area contributed by atoms with Gasteiger partial charge in [0.05, 0.1) is 13.2 Å². The van der Waals surface area contributed by atoms with Crippen LogP contribution in [0.2, 0.25) is 0 Å². The average Bonchev–Trinajstić information content (AvgIpc) is 3.14. The van der Waals surface area contributed by atoms with E-state index in [9.17, 15) is 9.59 Å². The lowest BCUT2D eigenvalue weighted by Crippen LogP contribution is -2.31. The fraction of sp³-hybridized carbons (Fsp3) is 0.409. The van der Waals surface area contributed by atoms with Crippen LogP contribution in [0, 0.1) is 11.8 Å². The molecule has 2 aliphatic rings. The fourth-order valence-corrected chi connectivity index (χ4v) is 4.10. The summed E-state index contributed by atoms with van der Waals surface area (Å²) < 4.78 is 5.39. The van der Waals surface area contributed by atoms with E-state index >= 15 is 0 Å². The molecule has 1 saturated carbocycles. The maximum atomic E-state index is 12.9. The number of carbonyl (C=O) groups is 2. The Labute approximate surface area is 164 Å². The van der Waals surface area contributed by atoms with Gasteiger partial charge in [-0.3, -0.25) is 9.59 Å². The van der Waals surface area contributed by atoms with Crippen LogP contribution in [0.5, 0.6) is 0 Å². The van der Waals surface area contributed by atoms with Crippen LogP contribution in [-0.2, 0) is 4.74 Å². The van der Waals surface area contributed by atoms with Crippen molar-refractivity contribution in [3.05, 3.63) is 65.0 Å². The van der Waals surface area contributed by atoms with Crippen LogP contribution in [0.1, 0.15) is 51.4 Å². The summed E-state index contributed by atoms with van der Waals surface area (Å²) in [7, 11) is 1.57. The lowest BCUT2D eigenvalue weighted by Gasteiger charge is -2.17. The second-order valence-electron chi connectivity index (χ2n) is 7.48. The Bertz CT molecular complexity index is 874. The van der Waals surface area contributed by atoms with Crippen molar-refractivity contribution in [1.29, 1.82) is 0 Å². The van der Waals surface area contributed by atoms with E-state index in [-0.39, 0.29) is 29.5 Å². The summed E-state index contributed by atoms with van der Waals surface area (Å²) in [6.45, 7) is 3.51. The third-order valence-corrected chi connectivity index (χ3v) is 5.78. The number of pyridine rings is 1. The molecule has 2 amide bonds. The number of nitrogens with zero attached hydrogens (tertiary/aromatic N) is 1. The quantitative estimate of drug-likeness (QED) is 0.807. The Morgan fingerprint density at radius 2 is 1.86 bits per heavy atom. The highest BCUT2D eigenvalue weighted by Gasteiger charge is 2.54. The monoisotopic (exact) mass is 379 g/mol. The van der Waals surface area contributed by atoms with E-state index in [1.54, 1.807) is 13.1 Å². The minimum Gasteiger partial charge on any atom is -0.381 e. The van der Waals surface area contributed by atoms with Crippen molar-refractivity contribution in [3.8, 4) is 0 Å². The molecule has 2 unspecified atom stereocenters. The van der Waals surface area contributed by atoms with Crippen LogP contribution >= 0.6 is 0 Å². The Kier molecular flexibility index (Phi) is 5.13. The van der Waals surface area contributed by atoms with Crippen LogP contribution in [0.15, 0.2) is 42.5 Å². The molecule has 2 heterocycles. The van der Waals surface area contributed by atoms with Gasteiger partial charge in [0.2, 0.25) is 0 Å². The number of hydrogen-bond acceptors (Lipinski definition) is 4. The van der Waals surface area contributed by atoms with Crippen molar-refractivity contribution in [1.82, 2.24) is 15.6 Å². The van der Waals surface area contributed by atoms with Crippen molar-refractivity contribution in [2.45, 2.75) is 25.3 Å². The summed E-state index contributed by atoms with van der Waals surface area (Å²) in [6.07, 6.45) is 0.819. The highest BCUT2D eigenvalue weighted by Crippen LogP contribution is 2.44. The average molecular weight is 379 g/mol. The van der Waals surface area contributed by atoms with Crippen molar-refractivity contribution in [2.24, 2.45) is 11.8 Å². The van der Waals surface area contributed by atoms with E-state index < -0.39 is 0 Å². The van der Waals surface area contributed by atoms with Gasteiger partial charge in [-0.05, 0) is 24.1 Å². The minimum atomic E-state index is -0.296. The predicted octanol–water partition coefficient (Wildman–Crippen LogP) is 2.36. The van der Waals surface area contributed by atoms with Gasteiger partial charge in [0.15, 0.2) is 0 Å². The normalized spacial score (nSPS) is 23.6. The summed E-state index contributed by atoms with van der Waals surface area (Å²) in [5.74, 6) is 0.422. The molecule has 0 spiro atoms. The van der Waals surface area contributed by atoms with E-state index in [0.717, 1.165) is 17.7 Å². The largest absolute Gasteiger partial charge is 0.381 e. The van der Waals surface area contributed by atoms with Gasteiger partial charge in [0.25, 0.3) is 11.8 Å². The Hall–Kier alpha value is -2.73. The van der Waals surface area contributed by atoms with Crippen molar-refractivity contribution in [3.63, 3.8) is 0 Å². The summed E-state index contributed by atoms with van der Waals surface area (Å²) in [5.41, 5.74) is 2.59. The highest BCUT2D eigenvalue weighted by atomic mass is 16.5. The molecule has 2 aromatic rings. The molecule has 2 fully saturated rings. The molecule has 146 valence electrons. The van der Waals surface area contributed by atoms with E-state index in [2.05, 4.69) is 22.5 Å². The van der Waals surface area contributed by atoms with Crippen molar-refractivity contribution in [2.75, 3.05) is 20.3 Å². The van der Waals surface area contributed by atoms with Crippen LogP contribution in [0.3, 0.4) is 0 Å². The number of ether oxygens (including phenoxy) is 1. The first-order chi connectivity index (χ1) is 13.6. The molecule has 2 N–H and O–H groups in total. The predicted molar refractivity (Wildman–Crippen MR) is 105 cm³/mol. The van der Waals surface area contributed by atoms with Crippen LogP contribution in [0.25, 0.3) is 0 Å². The maximum absolute atomic E-state index is 12.9. The first kappa shape index (κ1) is 18.6. The smallest absolute Gasteiger partial charge is 0.269 e. The van der Waals surface area contributed by atoms with Gasteiger partial charge >= 0.3 is 0 Å². The third-order valence-electron chi connectivity index (χ3n) is 5.78. The lowest BCUT2D eigenvalue weighted by molar-refractivity contribution is 0.0928. The lowest BCUT2D eigenvalue weighted by atomic mass is 9.91. The van der Waals surface area contributed by atoms with E-state index in [0.29, 0.717) is 30.6 Å². The van der Waals surface area contributed by atoms with Gasteiger partial charge in [0, 0.05) is 42.1 Å². The van der Waals surface area contributed by atoms with Crippen molar-refractivity contribution >= 4 is 11.8 Å². The minimum absolute atomic E-state index is 0.0195. The summed E-state index contributed by atoms with van der Waals surface area (Å²) in [4.78, 5) is 29.7. The zero-order valence-corrected chi connectivity index (χ0v) is 16.1. The summed E-state index contributed by atoms with van der Waals surface area (Å²) >= 11 is 0. The Balaban J connectivity index is 1.65. The van der Waals surface area contributed by atoms with E-state index in [1.165, 1.54) is 0 Å². The van der Waals surface area contributed by atoms with E-state index in [1.807, 2.05) is 36.4 Å². The summed E-state index contributed by atoms with van der Waals surface area (Å²) in [5, 5.41) is 5.71. The van der Waals surface area contributed by atoms with Gasteiger partial charge < -0.3 is 15.4 Å². The fourth-order valence-electron chi connectivity index (χ4n) is 4.10. The molecule has 1 aliphatic heterocycles. The molecule has 28 heavy (non-hydrogen) atoms. The van der Waals surface area contributed by atoms with Gasteiger partial charge in [-0.2, -0.15) is 0 Å². The first-order valence-corrected chi connectivity index (χ1v) is 9.80. The molecule has 1 saturated heterocycles. The van der Waals surface area contributed by atoms with Gasteiger partial charge in [-0.15, -0.1) is 0 Å². The Morgan fingerprint density at radius 3 is 2.50 bits per heavy atom. The van der Waals surface area contributed by atoms with Crippen LogP contribution in [0.4, 0.5) is 0 Å². The van der Waals surface area contributed by atoms with Gasteiger partial charge in [-0.25, -0.2) is 4.98 Å². The Morgan fingerprint density at radius 1 is 1.14 bits per heavy atom. The SMILES string of the molecule is CCC(c1ccccc1)c1cc(C(=O)NC2[C@H]3COC[C@@H]23)cc(C(=O)NC)n1. The molecular weight excluding hydrogens is 354 g/mol. The maximum Gasteiger partial charge on any atom is 0.269 e. The molecular formula is C22H25N3O3. The number of rotatable bonds is 6. The molecule has 0 bridgehead atoms. The van der Waals surface area contributed by atoms with Crippen LogP contribution < -0.4 is 10.6 Å².